The summed E-state index contributed by atoms with van der Waals surface area (Å²) in [6, 6.07) is 73.4. The molecule has 7 nitrogen and oxygen atoms in total. The Labute approximate surface area is 433 Å². The second-order valence-corrected chi connectivity index (χ2v) is 18.4. The molecule has 0 amide bonds. The number of aromatic nitrogens is 2. The van der Waals surface area contributed by atoms with Crippen LogP contribution >= 0.6 is 0 Å². The molecule has 0 unspecified atom stereocenters. The van der Waals surface area contributed by atoms with Crippen molar-refractivity contribution in [1.82, 2.24) is 9.13 Å². The Bertz CT molecular complexity index is 4100. The SMILES string of the molecule is N#Cc1ccc(-c2ccc3c4ccc(-c5ccc(C#N)cc5)cc4n(-c4cc(-c5cccc(C(F)(F)F)c5)cc(-n5c6cc(-c7ccc(C#N)cc7)ccc6c6ccc(-c7ccc(C#N)cc7)cc65)c4C#N)c3c2)cc1. The summed E-state index contributed by atoms with van der Waals surface area (Å²) < 4.78 is 48.0. The molecule has 12 rings (SSSR count). The van der Waals surface area contributed by atoms with Crippen LogP contribution in [0.5, 0.6) is 0 Å². The molecule has 2 aromatic heterocycles. The molecule has 2 heterocycles. The van der Waals surface area contributed by atoms with E-state index in [4.69, 9.17) is 0 Å². The highest BCUT2D eigenvalue weighted by Gasteiger charge is 2.31. The van der Waals surface area contributed by atoms with E-state index in [0.29, 0.717) is 61.3 Å². The molecule has 10 heteroatoms. The lowest BCUT2D eigenvalue weighted by molar-refractivity contribution is -0.137. The average molecular weight is 982 g/mol. The number of hydrogen-bond donors (Lipinski definition) is 0. The van der Waals surface area contributed by atoms with Gasteiger partial charge in [-0.1, -0.05) is 109 Å². The van der Waals surface area contributed by atoms with E-state index in [0.717, 1.165) is 78.2 Å². The van der Waals surface area contributed by atoms with E-state index < -0.39 is 11.7 Å². The topological polar surface area (TPSA) is 129 Å². The van der Waals surface area contributed by atoms with E-state index in [1.807, 2.05) is 130 Å². The van der Waals surface area contributed by atoms with Crippen LogP contribution < -0.4 is 0 Å². The van der Waals surface area contributed by atoms with Crippen molar-refractivity contribution in [2.75, 3.05) is 0 Å². The first-order valence-corrected chi connectivity index (χ1v) is 24.0. The van der Waals surface area contributed by atoms with Crippen LogP contribution in [0.3, 0.4) is 0 Å². The largest absolute Gasteiger partial charge is 0.416 e. The van der Waals surface area contributed by atoms with E-state index in [1.54, 1.807) is 66.7 Å². The van der Waals surface area contributed by atoms with Crippen LogP contribution in [0.15, 0.2) is 206 Å². The summed E-state index contributed by atoms with van der Waals surface area (Å²) in [5.74, 6) is 0. The Morgan fingerprint density at radius 3 is 0.855 bits per heavy atom. The molecular formula is C66H34F3N7. The van der Waals surface area contributed by atoms with Gasteiger partial charge in [-0.05, 0) is 153 Å². The minimum Gasteiger partial charge on any atom is -0.308 e. The van der Waals surface area contributed by atoms with Crippen molar-refractivity contribution in [3.63, 3.8) is 0 Å². The number of hydrogen-bond acceptors (Lipinski definition) is 5. The van der Waals surface area contributed by atoms with Gasteiger partial charge in [-0.15, -0.1) is 0 Å². The lowest BCUT2D eigenvalue weighted by atomic mass is 9.98. The van der Waals surface area contributed by atoms with Gasteiger partial charge in [-0.2, -0.15) is 39.5 Å². The lowest BCUT2D eigenvalue weighted by Crippen LogP contribution is -2.06. The van der Waals surface area contributed by atoms with E-state index in [2.05, 4.69) is 30.3 Å². The first kappa shape index (κ1) is 46.1. The minimum atomic E-state index is -4.65. The monoisotopic (exact) mass is 981 g/mol. The summed E-state index contributed by atoms with van der Waals surface area (Å²) in [6.45, 7) is 0. The summed E-state index contributed by atoms with van der Waals surface area (Å²) in [7, 11) is 0. The molecule has 0 spiro atoms. The van der Waals surface area contributed by atoms with Crippen molar-refractivity contribution in [3.8, 4) is 97.4 Å². The van der Waals surface area contributed by atoms with Crippen LogP contribution in [-0.2, 0) is 6.18 Å². The van der Waals surface area contributed by atoms with Gasteiger partial charge in [0.1, 0.15) is 11.6 Å². The molecule has 0 aliphatic carbocycles. The van der Waals surface area contributed by atoms with Gasteiger partial charge in [0.05, 0.1) is 85.5 Å². The molecule has 0 atom stereocenters. The summed E-state index contributed by atoms with van der Waals surface area (Å²) in [5.41, 5.74) is 12.5. The second kappa shape index (κ2) is 18.3. The maximum Gasteiger partial charge on any atom is 0.416 e. The van der Waals surface area contributed by atoms with Crippen LogP contribution in [0.2, 0.25) is 0 Å². The van der Waals surface area contributed by atoms with Gasteiger partial charge in [-0.3, -0.25) is 0 Å². The van der Waals surface area contributed by atoms with Gasteiger partial charge in [0.2, 0.25) is 0 Å². The first-order chi connectivity index (χ1) is 37.0. The number of alkyl halides is 3. The predicted octanol–water partition coefficient (Wildman–Crippen LogP) is 16.6. The molecule has 0 bridgehead atoms. The molecule has 0 radical (unpaired) electrons. The Morgan fingerprint density at radius 1 is 0.289 bits per heavy atom. The number of nitrogens with zero attached hydrogens (tertiary/aromatic N) is 7. The van der Waals surface area contributed by atoms with Crippen LogP contribution in [0.25, 0.3) is 111 Å². The van der Waals surface area contributed by atoms with Gasteiger partial charge in [0.25, 0.3) is 0 Å². The number of halogens is 3. The molecule has 10 aromatic carbocycles. The van der Waals surface area contributed by atoms with E-state index in [-0.39, 0.29) is 11.1 Å². The van der Waals surface area contributed by atoms with Crippen molar-refractivity contribution < 1.29 is 13.2 Å². The van der Waals surface area contributed by atoms with Crippen molar-refractivity contribution >= 4 is 43.6 Å². The fourth-order valence-electron chi connectivity index (χ4n) is 10.3. The van der Waals surface area contributed by atoms with Crippen molar-refractivity contribution in [3.05, 3.63) is 240 Å². The van der Waals surface area contributed by atoms with Crippen LogP contribution in [0.4, 0.5) is 13.2 Å². The fourth-order valence-corrected chi connectivity index (χ4v) is 10.3. The van der Waals surface area contributed by atoms with Gasteiger partial charge in [-0.25, -0.2) is 0 Å². The molecule has 0 aliphatic rings. The fraction of sp³-hybridized carbons (Fsp3) is 0.0152. The molecule has 0 saturated heterocycles. The third-order valence-corrected chi connectivity index (χ3v) is 14.1. The van der Waals surface area contributed by atoms with Gasteiger partial charge < -0.3 is 9.13 Å². The number of rotatable bonds is 7. The molecule has 354 valence electrons. The van der Waals surface area contributed by atoms with Gasteiger partial charge in [0, 0.05) is 21.5 Å². The lowest BCUT2D eigenvalue weighted by Gasteiger charge is -2.19. The average Bonchev–Trinajstić information content (AvgIpc) is 3.97. The zero-order valence-corrected chi connectivity index (χ0v) is 39.9. The summed E-state index contributed by atoms with van der Waals surface area (Å²) >= 11 is 0. The highest BCUT2D eigenvalue weighted by Crippen LogP contribution is 2.44. The predicted molar refractivity (Wildman–Crippen MR) is 291 cm³/mol. The number of nitriles is 5. The third-order valence-electron chi connectivity index (χ3n) is 14.1. The Kier molecular flexibility index (Phi) is 11.1. The molecule has 76 heavy (non-hydrogen) atoms. The standard InChI is InChI=1S/C66H34F3N7/c67-66(68,69)54-3-1-2-48(28-54)53-33-64(75-60-29-49(44-12-4-40(35-70)5-13-44)20-24-55(60)56-25-21-50(30-61(56)75)45-14-6-41(36-71)7-15-45)59(39-74)65(34-53)76-62-31-51(46-16-8-42(37-72)9-17-46)22-26-57(62)58-27-23-52(32-63(58)76)47-18-10-43(38-73)11-19-47/h1-34H. The maximum absolute atomic E-state index is 14.7. The zero-order valence-electron chi connectivity index (χ0n) is 39.9. The van der Waals surface area contributed by atoms with Crippen molar-refractivity contribution in [2.24, 2.45) is 0 Å². The normalized spacial score (nSPS) is 11.3. The molecule has 0 saturated carbocycles. The van der Waals surface area contributed by atoms with Gasteiger partial charge in [0.15, 0.2) is 0 Å². The quantitative estimate of drug-likeness (QED) is 0.157. The Balaban J connectivity index is 1.22. The summed E-state index contributed by atoms with van der Waals surface area (Å²) in [6.07, 6.45) is -4.65. The number of fused-ring (bicyclic) bond motifs is 6. The zero-order chi connectivity index (χ0) is 52.2. The highest BCUT2D eigenvalue weighted by molar-refractivity contribution is 6.13. The maximum atomic E-state index is 14.7. The second-order valence-electron chi connectivity index (χ2n) is 18.4. The van der Waals surface area contributed by atoms with Crippen LogP contribution in [0.1, 0.15) is 33.4 Å². The van der Waals surface area contributed by atoms with Crippen molar-refractivity contribution in [2.45, 2.75) is 6.18 Å². The Hall–Kier alpha value is -11.0. The molecule has 12 aromatic rings. The minimum absolute atomic E-state index is 0.230. The highest BCUT2D eigenvalue weighted by atomic mass is 19.4. The molecular weight excluding hydrogens is 948 g/mol. The van der Waals surface area contributed by atoms with Crippen LogP contribution in [0, 0.1) is 56.7 Å². The first-order valence-electron chi connectivity index (χ1n) is 24.0. The third kappa shape index (κ3) is 7.92. The number of benzene rings is 10. The van der Waals surface area contributed by atoms with Crippen molar-refractivity contribution in [1.29, 1.82) is 26.3 Å². The Morgan fingerprint density at radius 2 is 0.579 bits per heavy atom. The molecule has 0 aliphatic heterocycles. The molecule has 0 fully saturated rings. The summed E-state index contributed by atoms with van der Waals surface area (Å²) in [4.78, 5) is 0. The van der Waals surface area contributed by atoms with E-state index in [1.165, 1.54) is 6.07 Å². The summed E-state index contributed by atoms with van der Waals surface area (Å²) in [5, 5.41) is 53.8. The van der Waals surface area contributed by atoms with E-state index in [9.17, 15) is 39.5 Å². The molecule has 0 N–H and O–H groups in total. The smallest absolute Gasteiger partial charge is 0.308 e. The van der Waals surface area contributed by atoms with Gasteiger partial charge >= 0.3 is 6.18 Å². The van der Waals surface area contributed by atoms with Crippen LogP contribution in [-0.4, -0.2) is 9.13 Å². The van der Waals surface area contributed by atoms with E-state index >= 15 is 0 Å².